The van der Waals surface area contributed by atoms with E-state index in [2.05, 4.69) is 0 Å². The van der Waals surface area contributed by atoms with Gasteiger partial charge in [-0.05, 0) is 44.2 Å². The summed E-state index contributed by atoms with van der Waals surface area (Å²) >= 11 is 5.61. The summed E-state index contributed by atoms with van der Waals surface area (Å²) in [7, 11) is 0. The molecule has 0 radical (unpaired) electrons. The number of ether oxygens (including phenoxy) is 2. The van der Waals surface area contributed by atoms with Gasteiger partial charge >= 0.3 is 55.6 Å². The number of carbonyl (C=O) groups excluding carboxylic acids is 4. The van der Waals surface area contributed by atoms with Gasteiger partial charge in [0.1, 0.15) is 6.10 Å². The second kappa shape index (κ2) is 16.7. The molecule has 0 fully saturated rings. The first-order valence-electron chi connectivity index (χ1n) is 11.4. The van der Waals surface area contributed by atoms with Crippen LogP contribution in [0.5, 0.6) is 0 Å². The first kappa shape index (κ1) is 35.5. The number of rotatable bonds is 9. The van der Waals surface area contributed by atoms with Crippen molar-refractivity contribution in [1.82, 2.24) is 0 Å². The second-order valence-electron chi connectivity index (χ2n) is 8.28. The van der Waals surface area contributed by atoms with Crippen LogP contribution < -0.4 is 10.2 Å². The summed E-state index contributed by atoms with van der Waals surface area (Å²) < 4.78 is 9.54. The molecule has 3 rings (SSSR count). The fourth-order valence-corrected chi connectivity index (χ4v) is 3.28. The van der Waals surface area contributed by atoms with Crippen molar-refractivity contribution >= 4 is 79.2 Å². The summed E-state index contributed by atoms with van der Waals surface area (Å²) in [5.74, 6) is -7.53. The van der Waals surface area contributed by atoms with Gasteiger partial charge in [-0.15, -0.1) is 0 Å². The van der Waals surface area contributed by atoms with Crippen molar-refractivity contribution in [3.63, 3.8) is 0 Å². The fraction of sp³-hybridized carbons (Fsp3) is 0.179. The summed E-state index contributed by atoms with van der Waals surface area (Å²) in [6.07, 6.45) is -6.27. The molecule has 0 amide bonds. The SMILES string of the molecule is Cc1ccc(C(=O)O[C@H](C(=O)[O-])[C@H](OC(=O)c2ccc(C)cc2)C(=O)O)cc1.O=C([O-])[C@@H](O)c1ccccc1Cl.[Ca+2]. The van der Waals surface area contributed by atoms with Gasteiger partial charge in [0, 0.05) is 10.6 Å². The zero-order chi connectivity index (χ0) is 30.0. The third-order valence-corrected chi connectivity index (χ3v) is 5.56. The van der Waals surface area contributed by atoms with Crippen LogP contribution in [0.2, 0.25) is 5.02 Å². The van der Waals surface area contributed by atoms with Gasteiger partial charge in [-0.1, -0.05) is 65.2 Å². The van der Waals surface area contributed by atoms with Crippen LogP contribution in [0.4, 0.5) is 0 Å². The van der Waals surface area contributed by atoms with Crippen LogP contribution in [0.3, 0.4) is 0 Å². The number of benzene rings is 3. The van der Waals surface area contributed by atoms with Gasteiger partial charge in [0.2, 0.25) is 6.10 Å². The minimum atomic E-state index is -2.33. The van der Waals surface area contributed by atoms with Crippen LogP contribution in [-0.2, 0) is 23.9 Å². The zero-order valence-electron chi connectivity index (χ0n) is 21.8. The number of carboxylic acids is 3. The Morgan fingerprint density at radius 2 is 1.12 bits per heavy atom. The summed E-state index contributed by atoms with van der Waals surface area (Å²) in [5.41, 5.74) is 1.87. The maximum absolute atomic E-state index is 12.2. The van der Waals surface area contributed by atoms with E-state index in [1.807, 2.05) is 0 Å². The maximum atomic E-state index is 12.2. The number of carbonyl (C=O) groups is 5. The van der Waals surface area contributed by atoms with Crippen molar-refractivity contribution in [2.45, 2.75) is 32.2 Å². The molecule has 0 aliphatic heterocycles. The van der Waals surface area contributed by atoms with Crippen molar-refractivity contribution in [1.29, 1.82) is 0 Å². The van der Waals surface area contributed by atoms with Gasteiger partial charge in [-0.2, -0.15) is 0 Å². The normalized spacial score (nSPS) is 12.2. The molecule has 0 saturated carbocycles. The smallest absolute Gasteiger partial charge is 0.547 e. The predicted octanol–water partition coefficient (Wildman–Crippen LogP) is 0.631. The number of carboxylic acid groups (broad SMARTS) is 3. The van der Waals surface area contributed by atoms with E-state index >= 15 is 0 Å². The molecule has 0 heterocycles. The molecule has 0 aliphatic carbocycles. The number of aliphatic hydroxyl groups excluding tert-OH is 1. The van der Waals surface area contributed by atoms with Gasteiger partial charge in [0.05, 0.1) is 23.1 Å². The third kappa shape index (κ3) is 10.8. The van der Waals surface area contributed by atoms with Gasteiger partial charge in [0.25, 0.3) is 0 Å². The second-order valence-corrected chi connectivity index (χ2v) is 8.69. The van der Waals surface area contributed by atoms with Crippen molar-refractivity contribution in [3.8, 4) is 0 Å². The molecule has 0 bridgehead atoms. The molecule has 0 unspecified atom stereocenters. The number of aliphatic carboxylic acids is 3. The van der Waals surface area contributed by atoms with Crippen LogP contribution in [0.25, 0.3) is 0 Å². The molecule has 0 aliphatic rings. The Balaban J connectivity index is 0.000000542. The van der Waals surface area contributed by atoms with E-state index in [9.17, 15) is 39.3 Å². The Kier molecular flexibility index (Phi) is 14.5. The number of aryl methyl sites for hydroxylation is 2. The van der Waals surface area contributed by atoms with E-state index in [0.717, 1.165) is 11.1 Å². The van der Waals surface area contributed by atoms with Gasteiger partial charge in [-0.3, -0.25) is 0 Å². The predicted molar refractivity (Wildman–Crippen MR) is 141 cm³/mol. The van der Waals surface area contributed by atoms with E-state index in [1.165, 1.54) is 36.4 Å². The van der Waals surface area contributed by atoms with Crippen LogP contribution in [0.1, 0.15) is 43.5 Å². The van der Waals surface area contributed by atoms with E-state index in [1.54, 1.807) is 50.2 Å². The fourth-order valence-electron chi connectivity index (χ4n) is 3.05. The molecule has 13 heteroatoms. The standard InChI is InChI=1S/C20H18O8.C8H7ClO3.Ca/c1-11-3-7-13(8-4-11)19(25)27-15(17(21)22)16(18(23)24)28-20(26)14-9-5-12(2)6-10-14;9-6-4-2-1-3-5(6)7(10)8(11)12;/h3-10,15-16H,1-2H3,(H,21,22)(H,23,24);1-4,7,10H,(H,11,12);/q;;+2/p-2/t15-,16-;7-;/m00./s1. The number of hydrogen-bond donors (Lipinski definition) is 2. The molecule has 41 heavy (non-hydrogen) atoms. The van der Waals surface area contributed by atoms with Crippen LogP contribution in [-0.4, -0.2) is 90.0 Å². The molecule has 0 aromatic heterocycles. The summed E-state index contributed by atoms with van der Waals surface area (Å²) in [6, 6.07) is 18.1. The monoisotopic (exact) mass is 610 g/mol. The molecule has 3 aromatic carbocycles. The largest absolute Gasteiger partial charge is 2.00 e. The van der Waals surface area contributed by atoms with E-state index < -0.39 is 48.2 Å². The molecule has 3 atom stereocenters. The summed E-state index contributed by atoms with van der Waals surface area (Å²) in [4.78, 5) is 57.4. The molecule has 0 spiro atoms. The van der Waals surface area contributed by atoms with Gasteiger partial charge in [0.15, 0.2) is 6.10 Å². The average Bonchev–Trinajstić information content (AvgIpc) is 2.91. The Bertz CT molecular complexity index is 1300. The summed E-state index contributed by atoms with van der Waals surface area (Å²) in [6.45, 7) is 3.57. The number of aliphatic hydroxyl groups is 1. The minimum absolute atomic E-state index is 0. The van der Waals surface area contributed by atoms with E-state index in [0.29, 0.717) is 0 Å². The van der Waals surface area contributed by atoms with Crippen molar-refractivity contribution in [2.75, 3.05) is 0 Å². The third-order valence-electron chi connectivity index (χ3n) is 5.22. The van der Waals surface area contributed by atoms with E-state index in [4.69, 9.17) is 26.2 Å². The Labute approximate surface area is 269 Å². The Hall–Kier alpha value is -3.48. The molecule has 3 aromatic rings. The van der Waals surface area contributed by atoms with Crippen molar-refractivity contribution in [3.05, 3.63) is 106 Å². The van der Waals surface area contributed by atoms with Crippen LogP contribution in [0, 0.1) is 13.8 Å². The first-order chi connectivity index (χ1) is 18.8. The van der Waals surface area contributed by atoms with Crippen molar-refractivity contribution in [2.24, 2.45) is 0 Å². The molecule has 210 valence electrons. The topological polar surface area (TPSA) is 190 Å². The maximum Gasteiger partial charge on any atom is 2.00 e. The summed E-state index contributed by atoms with van der Waals surface area (Å²) in [5, 5.41) is 40.2. The number of esters is 2. The zero-order valence-corrected chi connectivity index (χ0v) is 24.8. The molecule has 11 nitrogen and oxygen atoms in total. The number of halogens is 1. The van der Waals surface area contributed by atoms with E-state index in [-0.39, 0.29) is 59.5 Å². The van der Waals surface area contributed by atoms with Gasteiger partial charge in [-0.25, -0.2) is 14.4 Å². The first-order valence-corrected chi connectivity index (χ1v) is 11.8. The minimum Gasteiger partial charge on any atom is -0.547 e. The number of hydrogen-bond acceptors (Lipinski definition) is 10. The van der Waals surface area contributed by atoms with Gasteiger partial charge < -0.3 is 39.5 Å². The van der Waals surface area contributed by atoms with Crippen LogP contribution >= 0.6 is 11.6 Å². The molecule has 2 N–H and O–H groups in total. The Morgan fingerprint density at radius 1 is 0.707 bits per heavy atom. The van der Waals surface area contributed by atoms with Crippen molar-refractivity contribution < 1.29 is 53.9 Å². The quantitative estimate of drug-likeness (QED) is 0.255. The Morgan fingerprint density at radius 3 is 1.49 bits per heavy atom. The average molecular weight is 611 g/mol. The van der Waals surface area contributed by atoms with Crippen LogP contribution in [0.15, 0.2) is 72.8 Å². The molecular weight excluding hydrogens is 588 g/mol. The molecule has 0 saturated heterocycles. The molecular formula is C28H23CaClO11.